The van der Waals surface area contributed by atoms with E-state index in [-0.39, 0.29) is 13.2 Å². The molecular weight excluding hydrogens is 530 g/mol. The topological polar surface area (TPSA) is 117 Å². The Morgan fingerprint density at radius 3 is 2.02 bits per heavy atom. The molecule has 0 aliphatic carbocycles. The molecule has 2 aromatic heterocycles. The standard InChI is InChI=1S/C33H31N5O4/c34-22-33(29-17-16-27-32(35)36-23-37-38(27)29)31(41-20-26-14-8-3-9-15-26)30(40-19-25-12-6-2-7-13-25)28(42-33)21-39-18-24-10-4-1-5-11-24/h1-17,23,28,30-31H,18-21H2,(H2,35,36,37)/t28-,30?,31?,33+/m0/s1. The molecule has 0 saturated carbocycles. The van der Waals surface area contributed by atoms with Crippen molar-refractivity contribution in [1.29, 1.82) is 5.26 Å². The first kappa shape index (κ1) is 27.6. The Morgan fingerprint density at radius 1 is 0.810 bits per heavy atom. The second-order valence-electron chi connectivity index (χ2n) is 10.1. The van der Waals surface area contributed by atoms with E-state index in [0.29, 0.717) is 30.2 Å². The molecule has 3 aromatic carbocycles. The lowest BCUT2D eigenvalue weighted by Gasteiger charge is -2.29. The molecule has 1 saturated heterocycles. The number of benzene rings is 3. The first-order valence-electron chi connectivity index (χ1n) is 13.8. The normalized spacial score (nSPS) is 21.8. The second kappa shape index (κ2) is 12.5. The fourth-order valence-electron chi connectivity index (χ4n) is 5.32. The van der Waals surface area contributed by atoms with Gasteiger partial charge in [0.15, 0.2) is 5.82 Å². The number of anilines is 1. The predicted molar refractivity (Wildman–Crippen MR) is 156 cm³/mol. The maximum atomic E-state index is 10.9. The number of nitriles is 1. The van der Waals surface area contributed by atoms with Gasteiger partial charge < -0.3 is 24.7 Å². The van der Waals surface area contributed by atoms with Gasteiger partial charge in [-0.1, -0.05) is 91.0 Å². The van der Waals surface area contributed by atoms with E-state index in [4.69, 9.17) is 24.7 Å². The molecule has 1 aliphatic rings. The van der Waals surface area contributed by atoms with Crippen molar-refractivity contribution in [2.24, 2.45) is 0 Å². The van der Waals surface area contributed by atoms with E-state index in [1.165, 1.54) is 6.33 Å². The van der Waals surface area contributed by atoms with Gasteiger partial charge in [-0.2, -0.15) is 10.4 Å². The number of nitrogens with two attached hydrogens (primary N) is 1. The number of rotatable bonds is 11. The first-order valence-corrected chi connectivity index (χ1v) is 13.8. The largest absolute Gasteiger partial charge is 0.382 e. The summed E-state index contributed by atoms with van der Waals surface area (Å²) in [6.07, 6.45) is -0.738. The van der Waals surface area contributed by atoms with Gasteiger partial charge in [-0.25, -0.2) is 9.50 Å². The summed E-state index contributed by atoms with van der Waals surface area (Å²) in [4.78, 5) is 4.10. The number of fused-ring (bicyclic) bond motifs is 1. The van der Waals surface area contributed by atoms with E-state index < -0.39 is 23.9 Å². The molecular formula is C33H31N5O4. The predicted octanol–water partition coefficient (Wildman–Crippen LogP) is 4.82. The van der Waals surface area contributed by atoms with Crippen molar-refractivity contribution in [3.05, 3.63) is 132 Å². The lowest BCUT2D eigenvalue weighted by atomic mass is 9.92. The van der Waals surface area contributed by atoms with Crippen LogP contribution in [0.1, 0.15) is 22.4 Å². The summed E-state index contributed by atoms with van der Waals surface area (Å²) in [6.45, 7) is 1.13. The van der Waals surface area contributed by atoms with Crippen molar-refractivity contribution in [3.63, 3.8) is 0 Å². The summed E-state index contributed by atoms with van der Waals surface area (Å²) >= 11 is 0. The monoisotopic (exact) mass is 561 g/mol. The number of aromatic nitrogens is 3. The molecule has 0 bridgehead atoms. The van der Waals surface area contributed by atoms with Crippen LogP contribution in [0.25, 0.3) is 5.52 Å². The highest BCUT2D eigenvalue weighted by molar-refractivity contribution is 5.66. The van der Waals surface area contributed by atoms with Crippen molar-refractivity contribution in [1.82, 2.24) is 14.6 Å². The van der Waals surface area contributed by atoms with Crippen molar-refractivity contribution >= 4 is 11.3 Å². The Kier molecular flexibility index (Phi) is 8.21. The Morgan fingerprint density at radius 2 is 1.40 bits per heavy atom. The van der Waals surface area contributed by atoms with Gasteiger partial charge in [0.05, 0.1) is 32.1 Å². The summed E-state index contributed by atoms with van der Waals surface area (Å²) in [6, 6.07) is 35.6. The SMILES string of the molecule is N#C[C@]1(c2ccc3c(N)ncnn23)O[C@@H](COCc2ccccc2)C(OCc2ccccc2)C1OCc1ccccc1. The molecule has 0 spiro atoms. The lowest BCUT2D eigenvalue weighted by Crippen LogP contribution is -2.44. The minimum Gasteiger partial charge on any atom is -0.382 e. The zero-order chi connectivity index (χ0) is 28.8. The molecule has 2 N–H and O–H groups in total. The summed E-state index contributed by atoms with van der Waals surface area (Å²) in [5.41, 5.74) is 8.59. The van der Waals surface area contributed by atoms with Gasteiger partial charge in [0, 0.05) is 0 Å². The van der Waals surface area contributed by atoms with Crippen LogP contribution in [-0.4, -0.2) is 39.5 Å². The highest BCUT2D eigenvalue weighted by atomic mass is 16.6. The van der Waals surface area contributed by atoms with Crippen molar-refractivity contribution in [2.75, 3.05) is 12.3 Å². The molecule has 212 valence electrons. The third-order valence-electron chi connectivity index (χ3n) is 7.38. The van der Waals surface area contributed by atoms with Crippen LogP contribution in [0.5, 0.6) is 0 Å². The lowest BCUT2D eigenvalue weighted by molar-refractivity contribution is -0.0971. The third kappa shape index (κ3) is 5.62. The number of hydrogen-bond acceptors (Lipinski definition) is 8. The van der Waals surface area contributed by atoms with Crippen LogP contribution < -0.4 is 5.73 Å². The number of nitrogens with zero attached hydrogens (tertiary/aromatic N) is 4. The maximum absolute atomic E-state index is 10.9. The highest BCUT2D eigenvalue weighted by Gasteiger charge is 2.60. The minimum atomic E-state index is -1.58. The average Bonchev–Trinajstić information content (AvgIpc) is 3.61. The third-order valence-corrected chi connectivity index (χ3v) is 7.38. The molecule has 42 heavy (non-hydrogen) atoms. The van der Waals surface area contributed by atoms with Crippen LogP contribution in [0.15, 0.2) is 109 Å². The maximum Gasteiger partial charge on any atom is 0.225 e. The van der Waals surface area contributed by atoms with Gasteiger partial charge in [0.1, 0.15) is 36.2 Å². The van der Waals surface area contributed by atoms with Gasteiger partial charge in [0.25, 0.3) is 0 Å². The minimum absolute atomic E-state index is 0.184. The van der Waals surface area contributed by atoms with Gasteiger partial charge in [-0.3, -0.25) is 0 Å². The fourth-order valence-corrected chi connectivity index (χ4v) is 5.32. The van der Waals surface area contributed by atoms with E-state index in [1.54, 1.807) is 16.6 Å². The number of nitrogen functional groups attached to an aromatic ring is 1. The summed E-state index contributed by atoms with van der Waals surface area (Å²) in [5.74, 6) is 0.295. The van der Waals surface area contributed by atoms with Crippen molar-refractivity contribution in [3.8, 4) is 6.07 Å². The summed E-state index contributed by atoms with van der Waals surface area (Å²) in [5, 5.41) is 15.3. The fraction of sp³-hybridized carbons (Fsp3) is 0.242. The van der Waals surface area contributed by atoms with Crippen LogP contribution in [-0.2, 0) is 44.4 Å². The number of hydrogen-bond donors (Lipinski definition) is 1. The van der Waals surface area contributed by atoms with Crippen molar-refractivity contribution < 1.29 is 18.9 Å². The van der Waals surface area contributed by atoms with E-state index in [9.17, 15) is 5.26 Å². The molecule has 2 unspecified atom stereocenters. The van der Waals surface area contributed by atoms with Gasteiger partial charge in [-0.05, 0) is 28.8 Å². The van der Waals surface area contributed by atoms with E-state index >= 15 is 0 Å². The molecule has 3 heterocycles. The molecule has 5 aromatic rings. The van der Waals surface area contributed by atoms with Gasteiger partial charge >= 0.3 is 0 Å². The van der Waals surface area contributed by atoms with Crippen LogP contribution in [0.2, 0.25) is 0 Å². The van der Waals surface area contributed by atoms with Gasteiger partial charge in [0.2, 0.25) is 5.60 Å². The Hall–Kier alpha value is -4.59. The quantitative estimate of drug-likeness (QED) is 0.244. The summed E-state index contributed by atoms with van der Waals surface area (Å²) in [7, 11) is 0. The van der Waals surface area contributed by atoms with Crippen LogP contribution in [0.3, 0.4) is 0 Å². The molecule has 1 fully saturated rings. The zero-order valence-corrected chi connectivity index (χ0v) is 23.0. The molecule has 6 rings (SSSR count). The van der Waals surface area contributed by atoms with E-state index in [1.807, 2.05) is 91.0 Å². The van der Waals surface area contributed by atoms with Crippen LogP contribution >= 0.6 is 0 Å². The zero-order valence-electron chi connectivity index (χ0n) is 23.0. The second-order valence-corrected chi connectivity index (χ2v) is 10.1. The Bertz CT molecular complexity index is 1640. The summed E-state index contributed by atoms with van der Waals surface area (Å²) < 4.78 is 27.5. The van der Waals surface area contributed by atoms with Crippen molar-refractivity contribution in [2.45, 2.75) is 43.7 Å². The molecule has 0 radical (unpaired) electrons. The molecule has 9 heteroatoms. The molecule has 9 nitrogen and oxygen atoms in total. The number of ether oxygens (including phenoxy) is 4. The van der Waals surface area contributed by atoms with Crippen LogP contribution in [0.4, 0.5) is 5.82 Å². The molecule has 0 amide bonds. The molecule has 4 atom stereocenters. The van der Waals surface area contributed by atoms with Gasteiger partial charge in [-0.15, -0.1) is 0 Å². The Labute approximate surface area is 244 Å². The highest BCUT2D eigenvalue weighted by Crippen LogP contribution is 2.44. The van der Waals surface area contributed by atoms with Crippen LogP contribution in [0, 0.1) is 11.3 Å². The Balaban J connectivity index is 1.37. The van der Waals surface area contributed by atoms with E-state index in [0.717, 1.165) is 16.7 Å². The average molecular weight is 562 g/mol. The van der Waals surface area contributed by atoms with E-state index in [2.05, 4.69) is 16.2 Å². The molecule has 1 aliphatic heterocycles. The smallest absolute Gasteiger partial charge is 0.225 e. The first-order chi connectivity index (χ1) is 20.7.